The highest BCUT2D eigenvalue weighted by atomic mass is 32.1. The molecule has 1 N–H and O–H groups in total. The second kappa shape index (κ2) is 7.01. The first-order valence-electron chi connectivity index (χ1n) is 7.75. The molecule has 0 atom stereocenters. The van der Waals surface area contributed by atoms with Crippen LogP contribution in [0.4, 0.5) is 4.39 Å². The number of carbonyl (C=O) groups is 1. The third-order valence-corrected chi connectivity index (χ3v) is 5.05. The summed E-state index contributed by atoms with van der Waals surface area (Å²) < 4.78 is 20.0. The van der Waals surface area contributed by atoms with Crippen molar-refractivity contribution in [1.29, 1.82) is 0 Å². The molecule has 0 aliphatic heterocycles. The van der Waals surface area contributed by atoms with Crippen LogP contribution in [0.15, 0.2) is 42.5 Å². The van der Waals surface area contributed by atoms with Crippen LogP contribution >= 0.6 is 11.3 Å². The van der Waals surface area contributed by atoms with Gasteiger partial charge in [-0.3, -0.25) is 4.79 Å². The summed E-state index contributed by atoms with van der Waals surface area (Å²) in [7, 11) is 1.45. The Morgan fingerprint density at radius 3 is 2.54 bits per heavy atom. The van der Waals surface area contributed by atoms with Gasteiger partial charge in [-0.05, 0) is 29.7 Å². The number of methoxy groups -OCH3 is 1. The van der Waals surface area contributed by atoms with Crippen LogP contribution in [0.2, 0.25) is 0 Å². The number of ether oxygens (including phenoxy) is 1. The quantitative estimate of drug-likeness (QED) is 0.738. The second-order valence-corrected chi connectivity index (χ2v) is 6.48. The lowest BCUT2D eigenvalue weighted by Gasteiger charge is -2.07. The van der Waals surface area contributed by atoms with Crippen molar-refractivity contribution in [1.82, 2.24) is 5.32 Å². The van der Waals surface area contributed by atoms with E-state index in [0.29, 0.717) is 27.3 Å². The number of nitrogens with one attached hydrogen (secondary N) is 1. The van der Waals surface area contributed by atoms with Crippen LogP contribution in [-0.2, 0) is 13.0 Å². The number of rotatable bonds is 5. The van der Waals surface area contributed by atoms with Gasteiger partial charge in [-0.2, -0.15) is 0 Å². The van der Waals surface area contributed by atoms with E-state index in [2.05, 4.69) is 24.4 Å². The van der Waals surface area contributed by atoms with Gasteiger partial charge in [0.15, 0.2) is 5.75 Å². The van der Waals surface area contributed by atoms with E-state index in [4.69, 9.17) is 4.74 Å². The van der Waals surface area contributed by atoms with Crippen LogP contribution in [0.25, 0.3) is 10.1 Å². The third-order valence-electron chi connectivity index (χ3n) is 3.92. The van der Waals surface area contributed by atoms with Crippen LogP contribution < -0.4 is 10.1 Å². The standard InChI is InChI=1S/C19H18FNO2S/c1-3-12-7-9-13(10-8-12)11-21-19(22)18-17(23-2)16-14(20)5-4-6-15(16)24-18/h4-10H,3,11H2,1-2H3,(H,21,22). The van der Waals surface area contributed by atoms with Gasteiger partial charge < -0.3 is 10.1 Å². The molecule has 0 spiro atoms. The van der Waals surface area contributed by atoms with Crippen molar-refractivity contribution >= 4 is 27.3 Å². The van der Waals surface area contributed by atoms with Crippen molar-refractivity contribution in [3.8, 4) is 5.75 Å². The van der Waals surface area contributed by atoms with E-state index in [1.54, 1.807) is 12.1 Å². The molecule has 3 nitrogen and oxygen atoms in total. The molecular weight excluding hydrogens is 325 g/mol. The molecule has 0 fully saturated rings. The number of carbonyl (C=O) groups excluding carboxylic acids is 1. The lowest BCUT2D eigenvalue weighted by Crippen LogP contribution is -2.22. The Kier molecular flexibility index (Phi) is 4.81. The molecule has 3 aromatic rings. The minimum Gasteiger partial charge on any atom is -0.494 e. The number of hydrogen-bond donors (Lipinski definition) is 1. The van der Waals surface area contributed by atoms with Crippen LogP contribution in [0, 0.1) is 5.82 Å². The van der Waals surface area contributed by atoms with E-state index in [1.807, 2.05) is 12.1 Å². The maximum atomic E-state index is 14.0. The molecule has 5 heteroatoms. The van der Waals surface area contributed by atoms with Crippen LogP contribution in [0.3, 0.4) is 0 Å². The Hall–Kier alpha value is -2.40. The predicted molar refractivity (Wildman–Crippen MR) is 95.3 cm³/mol. The van der Waals surface area contributed by atoms with Crippen molar-refractivity contribution < 1.29 is 13.9 Å². The van der Waals surface area contributed by atoms with E-state index in [1.165, 1.54) is 30.1 Å². The Morgan fingerprint density at radius 2 is 1.88 bits per heavy atom. The maximum absolute atomic E-state index is 14.0. The zero-order valence-electron chi connectivity index (χ0n) is 13.6. The van der Waals surface area contributed by atoms with E-state index < -0.39 is 0 Å². The van der Waals surface area contributed by atoms with Gasteiger partial charge in [0, 0.05) is 11.2 Å². The predicted octanol–water partition coefficient (Wildman–Crippen LogP) is 4.54. The molecule has 1 aromatic heterocycles. The molecule has 1 amide bonds. The van der Waals surface area contributed by atoms with Crippen LogP contribution in [0.1, 0.15) is 27.7 Å². The molecule has 24 heavy (non-hydrogen) atoms. The van der Waals surface area contributed by atoms with E-state index in [-0.39, 0.29) is 11.7 Å². The lowest BCUT2D eigenvalue weighted by atomic mass is 10.1. The molecule has 1 heterocycles. The highest BCUT2D eigenvalue weighted by molar-refractivity contribution is 7.21. The molecule has 3 rings (SSSR count). The van der Waals surface area contributed by atoms with Gasteiger partial charge in [0.05, 0.1) is 12.5 Å². The summed E-state index contributed by atoms with van der Waals surface area (Å²) >= 11 is 1.23. The van der Waals surface area contributed by atoms with Gasteiger partial charge in [0.1, 0.15) is 10.7 Å². The molecule has 0 aliphatic carbocycles. The summed E-state index contributed by atoms with van der Waals surface area (Å²) in [4.78, 5) is 12.9. The molecular formula is C19H18FNO2S. The van der Waals surface area contributed by atoms with E-state index >= 15 is 0 Å². The maximum Gasteiger partial charge on any atom is 0.265 e. The van der Waals surface area contributed by atoms with Gasteiger partial charge in [0.2, 0.25) is 0 Å². The van der Waals surface area contributed by atoms with Crippen LogP contribution in [0.5, 0.6) is 5.75 Å². The molecule has 0 saturated heterocycles. The van der Waals surface area contributed by atoms with Gasteiger partial charge >= 0.3 is 0 Å². The van der Waals surface area contributed by atoms with Crippen LogP contribution in [-0.4, -0.2) is 13.0 Å². The molecule has 0 unspecified atom stereocenters. The first-order chi connectivity index (χ1) is 11.6. The highest BCUT2D eigenvalue weighted by Crippen LogP contribution is 2.39. The smallest absolute Gasteiger partial charge is 0.265 e. The van der Waals surface area contributed by atoms with Crippen molar-refractivity contribution in [2.45, 2.75) is 19.9 Å². The summed E-state index contributed by atoms with van der Waals surface area (Å²) in [6.07, 6.45) is 0.983. The number of hydrogen-bond acceptors (Lipinski definition) is 3. The molecule has 0 saturated carbocycles. The van der Waals surface area contributed by atoms with Gasteiger partial charge in [0.25, 0.3) is 5.91 Å². The molecule has 0 aliphatic rings. The molecule has 0 radical (unpaired) electrons. The van der Waals surface area contributed by atoms with Gasteiger partial charge in [-0.1, -0.05) is 37.3 Å². The SMILES string of the molecule is CCc1ccc(CNC(=O)c2sc3cccc(F)c3c2OC)cc1. The van der Waals surface area contributed by atoms with Gasteiger partial charge in [-0.15, -0.1) is 11.3 Å². The Labute approximate surface area is 144 Å². The van der Waals surface area contributed by atoms with Crippen molar-refractivity contribution in [3.05, 3.63) is 64.3 Å². The average molecular weight is 343 g/mol. The topological polar surface area (TPSA) is 38.3 Å². The summed E-state index contributed by atoms with van der Waals surface area (Å²) in [5.74, 6) is -0.339. The van der Waals surface area contributed by atoms with Crippen molar-refractivity contribution in [2.24, 2.45) is 0 Å². The highest BCUT2D eigenvalue weighted by Gasteiger charge is 2.21. The number of benzene rings is 2. The zero-order chi connectivity index (χ0) is 17.1. The number of halogens is 1. The van der Waals surface area contributed by atoms with E-state index in [9.17, 15) is 9.18 Å². The monoisotopic (exact) mass is 343 g/mol. The van der Waals surface area contributed by atoms with Crippen molar-refractivity contribution in [2.75, 3.05) is 7.11 Å². The number of fused-ring (bicyclic) bond motifs is 1. The molecule has 2 aromatic carbocycles. The summed E-state index contributed by atoms with van der Waals surface area (Å²) in [6.45, 7) is 2.52. The normalized spacial score (nSPS) is 10.8. The molecule has 124 valence electrons. The number of amides is 1. The first kappa shape index (κ1) is 16.5. The van der Waals surface area contributed by atoms with Crippen molar-refractivity contribution in [3.63, 3.8) is 0 Å². The minimum absolute atomic E-state index is 0.257. The first-order valence-corrected chi connectivity index (χ1v) is 8.56. The third kappa shape index (κ3) is 3.12. The Balaban J connectivity index is 1.82. The summed E-state index contributed by atoms with van der Waals surface area (Å²) in [5.41, 5.74) is 2.28. The second-order valence-electron chi connectivity index (χ2n) is 5.43. The lowest BCUT2D eigenvalue weighted by molar-refractivity contribution is 0.0952. The summed E-state index contributed by atoms with van der Waals surface area (Å²) in [6, 6.07) is 12.9. The Morgan fingerprint density at radius 1 is 1.17 bits per heavy atom. The summed E-state index contributed by atoms with van der Waals surface area (Å²) in [5, 5.41) is 3.24. The Bertz CT molecular complexity index is 871. The van der Waals surface area contributed by atoms with Gasteiger partial charge in [-0.25, -0.2) is 4.39 Å². The number of aryl methyl sites for hydroxylation is 1. The minimum atomic E-state index is -0.380. The fourth-order valence-electron chi connectivity index (χ4n) is 2.58. The number of thiophene rings is 1. The zero-order valence-corrected chi connectivity index (χ0v) is 14.4. The van der Waals surface area contributed by atoms with E-state index in [0.717, 1.165) is 12.0 Å². The fourth-order valence-corrected chi connectivity index (χ4v) is 3.68. The fraction of sp³-hybridized carbons (Fsp3) is 0.211. The largest absolute Gasteiger partial charge is 0.494 e. The molecule has 0 bridgehead atoms. The average Bonchev–Trinajstić information content (AvgIpc) is 3.00.